The SMILES string of the molecule is O=C(Nc1cccs1)Oc1ccc(OCCN2CCCCC2)cc1. The number of rotatable bonds is 6. The van der Waals surface area contributed by atoms with Gasteiger partial charge in [0.25, 0.3) is 0 Å². The molecule has 1 aromatic heterocycles. The Bertz CT molecular complexity index is 622. The van der Waals surface area contributed by atoms with Crippen molar-refractivity contribution >= 4 is 22.4 Å². The molecule has 1 fully saturated rings. The predicted molar refractivity (Wildman–Crippen MR) is 96.2 cm³/mol. The van der Waals surface area contributed by atoms with Gasteiger partial charge in [-0.1, -0.05) is 6.42 Å². The summed E-state index contributed by atoms with van der Waals surface area (Å²) >= 11 is 1.45. The molecule has 24 heavy (non-hydrogen) atoms. The van der Waals surface area contributed by atoms with E-state index < -0.39 is 6.09 Å². The number of benzene rings is 1. The molecule has 6 heteroatoms. The van der Waals surface area contributed by atoms with Crippen LogP contribution in [-0.4, -0.2) is 37.2 Å². The molecule has 1 aliphatic heterocycles. The van der Waals surface area contributed by atoms with Gasteiger partial charge in [0.2, 0.25) is 0 Å². The molecule has 1 aromatic carbocycles. The minimum atomic E-state index is -0.490. The highest BCUT2D eigenvalue weighted by molar-refractivity contribution is 7.14. The summed E-state index contributed by atoms with van der Waals surface area (Å²) in [5.74, 6) is 1.28. The summed E-state index contributed by atoms with van der Waals surface area (Å²) in [6.07, 6.45) is 3.44. The Hall–Kier alpha value is -2.05. The van der Waals surface area contributed by atoms with Gasteiger partial charge >= 0.3 is 6.09 Å². The number of anilines is 1. The normalized spacial score (nSPS) is 15.0. The van der Waals surface area contributed by atoms with Crippen LogP contribution < -0.4 is 14.8 Å². The molecule has 1 saturated heterocycles. The molecule has 0 atom stereocenters. The van der Waals surface area contributed by atoms with E-state index in [-0.39, 0.29) is 0 Å². The molecule has 1 aliphatic rings. The topological polar surface area (TPSA) is 50.8 Å². The van der Waals surface area contributed by atoms with E-state index in [0.717, 1.165) is 17.3 Å². The number of likely N-dealkylation sites (tertiary alicyclic amines) is 1. The van der Waals surface area contributed by atoms with Crippen molar-refractivity contribution in [2.75, 3.05) is 31.6 Å². The number of hydrogen-bond acceptors (Lipinski definition) is 5. The van der Waals surface area contributed by atoms with Crippen LogP contribution in [0, 0.1) is 0 Å². The number of nitrogens with zero attached hydrogens (tertiary/aromatic N) is 1. The highest BCUT2D eigenvalue weighted by Crippen LogP contribution is 2.20. The molecule has 0 spiro atoms. The number of amides is 1. The zero-order valence-corrected chi connectivity index (χ0v) is 14.4. The number of hydrogen-bond donors (Lipinski definition) is 1. The van der Waals surface area contributed by atoms with Crippen LogP contribution in [0.1, 0.15) is 19.3 Å². The zero-order valence-electron chi connectivity index (χ0n) is 13.6. The molecule has 3 rings (SSSR count). The van der Waals surface area contributed by atoms with Gasteiger partial charge in [0.1, 0.15) is 18.1 Å². The largest absolute Gasteiger partial charge is 0.492 e. The number of carbonyl (C=O) groups is 1. The zero-order chi connectivity index (χ0) is 16.6. The van der Waals surface area contributed by atoms with Gasteiger partial charge in [-0.15, -0.1) is 11.3 Å². The van der Waals surface area contributed by atoms with Gasteiger partial charge in [0, 0.05) is 6.54 Å². The molecular weight excluding hydrogens is 324 g/mol. The van der Waals surface area contributed by atoms with Crippen LogP contribution in [0.4, 0.5) is 9.80 Å². The third-order valence-electron chi connectivity index (χ3n) is 3.91. The maximum Gasteiger partial charge on any atom is 0.417 e. The second-order valence-corrected chi connectivity index (χ2v) is 6.66. The number of nitrogens with one attached hydrogen (secondary N) is 1. The summed E-state index contributed by atoms with van der Waals surface area (Å²) < 4.78 is 11.0. The van der Waals surface area contributed by atoms with E-state index in [0.29, 0.717) is 12.4 Å². The highest BCUT2D eigenvalue weighted by atomic mass is 32.1. The Kier molecular flexibility index (Phi) is 6.09. The molecule has 0 radical (unpaired) electrons. The molecule has 5 nitrogen and oxygen atoms in total. The minimum Gasteiger partial charge on any atom is -0.492 e. The quantitative estimate of drug-likeness (QED) is 0.851. The average Bonchev–Trinajstić information content (AvgIpc) is 3.10. The Morgan fingerprint density at radius 3 is 2.54 bits per heavy atom. The molecule has 1 N–H and O–H groups in total. The van der Waals surface area contributed by atoms with E-state index in [2.05, 4.69) is 10.2 Å². The van der Waals surface area contributed by atoms with Gasteiger partial charge in [-0.25, -0.2) is 4.79 Å². The van der Waals surface area contributed by atoms with Crippen LogP contribution in [0.5, 0.6) is 11.5 Å². The van der Waals surface area contributed by atoms with E-state index >= 15 is 0 Å². The lowest BCUT2D eigenvalue weighted by molar-refractivity contribution is 0.183. The van der Waals surface area contributed by atoms with Crippen LogP contribution in [0.3, 0.4) is 0 Å². The molecular formula is C18H22N2O3S. The van der Waals surface area contributed by atoms with Gasteiger partial charge in [-0.05, 0) is 67.7 Å². The Morgan fingerprint density at radius 1 is 1.08 bits per heavy atom. The third-order valence-corrected chi connectivity index (χ3v) is 4.69. The molecule has 0 saturated carbocycles. The van der Waals surface area contributed by atoms with E-state index in [9.17, 15) is 4.79 Å². The number of piperidine rings is 1. The lowest BCUT2D eigenvalue weighted by atomic mass is 10.1. The Balaban J connectivity index is 1.40. The van der Waals surface area contributed by atoms with Gasteiger partial charge in [-0.2, -0.15) is 0 Å². The van der Waals surface area contributed by atoms with Crippen molar-refractivity contribution in [3.8, 4) is 11.5 Å². The highest BCUT2D eigenvalue weighted by Gasteiger charge is 2.10. The first-order valence-corrected chi connectivity index (χ1v) is 9.15. The molecule has 0 aliphatic carbocycles. The summed E-state index contributed by atoms with van der Waals surface area (Å²) in [5.41, 5.74) is 0. The van der Waals surface area contributed by atoms with Crippen molar-refractivity contribution in [1.82, 2.24) is 4.90 Å². The van der Waals surface area contributed by atoms with Crippen molar-refractivity contribution in [3.63, 3.8) is 0 Å². The fourth-order valence-corrected chi connectivity index (χ4v) is 3.27. The van der Waals surface area contributed by atoms with Crippen molar-refractivity contribution in [2.24, 2.45) is 0 Å². The van der Waals surface area contributed by atoms with Crippen LogP contribution in [-0.2, 0) is 0 Å². The summed E-state index contributed by atoms with van der Waals surface area (Å²) in [6.45, 7) is 3.99. The van der Waals surface area contributed by atoms with Gasteiger partial charge in [0.05, 0.1) is 5.00 Å². The van der Waals surface area contributed by atoms with E-state index in [1.165, 1.54) is 43.7 Å². The molecule has 0 unspecified atom stereocenters. The van der Waals surface area contributed by atoms with Crippen molar-refractivity contribution in [2.45, 2.75) is 19.3 Å². The maximum atomic E-state index is 11.7. The predicted octanol–water partition coefficient (Wildman–Crippen LogP) is 4.22. The second-order valence-electron chi connectivity index (χ2n) is 5.71. The number of carbonyl (C=O) groups excluding carboxylic acids is 1. The Labute approximate surface area is 146 Å². The van der Waals surface area contributed by atoms with Crippen LogP contribution >= 0.6 is 11.3 Å². The lowest BCUT2D eigenvalue weighted by Gasteiger charge is -2.26. The van der Waals surface area contributed by atoms with Gasteiger partial charge < -0.3 is 9.47 Å². The monoisotopic (exact) mass is 346 g/mol. The van der Waals surface area contributed by atoms with Crippen molar-refractivity contribution in [3.05, 3.63) is 41.8 Å². The minimum absolute atomic E-state index is 0.490. The number of ether oxygens (including phenoxy) is 2. The molecule has 1 amide bonds. The Morgan fingerprint density at radius 2 is 1.83 bits per heavy atom. The summed E-state index contributed by atoms with van der Waals surface area (Å²) in [4.78, 5) is 14.2. The number of thiophene rings is 1. The summed E-state index contributed by atoms with van der Waals surface area (Å²) in [5, 5.41) is 5.33. The molecule has 128 valence electrons. The van der Waals surface area contributed by atoms with E-state index in [1.807, 2.05) is 29.6 Å². The fourth-order valence-electron chi connectivity index (χ4n) is 2.66. The molecule has 0 bridgehead atoms. The summed E-state index contributed by atoms with van der Waals surface area (Å²) in [6, 6.07) is 10.8. The fraction of sp³-hybridized carbons (Fsp3) is 0.389. The standard InChI is InChI=1S/C18H22N2O3S/c21-18(19-17-5-4-14-24-17)23-16-8-6-15(7-9-16)22-13-12-20-10-2-1-3-11-20/h4-9,14H,1-3,10-13H2,(H,19,21). The van der Waals surface area contributed by atoms with Crippen LogP contribution in [0.2, 0.25) is 0 Å². The average molecular weight is 346 g/mol. The van der Waals surface area contributed by atoms with E-state index in [1.54, 1.807) is 12.1 Å². The smallest absolute Gasteiger partial charge is 0.417 e. The second kappa shape index (κ2) is 8.70. The van der Waals surface area contributed by atoms with Gasteiger partial charge in [-0.3, -0.25) is 10.2 Å². The van der Waals surface area contributed by atoms with E-state index in [4.69, 9.17) is 9.47 Å². The summed E-state index contributed by atoms with van der Waals surface area (Å²) in [7, 11) is 0. The maximum absolute atomic E-state index is 11.7. The van der Waals surface area contributed by atoms with Crippen molar-refractivity contribution < 1.29 is 14.3 Å². The third kappa shape index (κ3) is 5.25. The molecule has 2 aromatic rings. The van der Waals surface area contributed by atoms with Crippen LogP contribution in [0.15, 0.2) is 41.8 Å². The van der Waals surface area contributed by atoms with Crippen molar-refractivity contribution in [1.29, 1.82) is 0 Å². The van der Waals surface area contributed by atoms with Gasteiger partial charge in [0.15, 0.2) is 0 Å². The first-order valence-electron chi connectivity index (χ1n) is 8.27. The lowest BCUT2D eigenvalue weighted by Crippen LogP contribution is -2.33. The first kappa shape index (κ1) is 16.8. The first-order chi connectivity index (χ1) is 11.8. The van der Waals surface area contributed by atoms with Crippen LogP contribution in [0.25, 0.3) is 0 Å². The molecule has 2 heterocycles.